The van der Waals surface area contributed by atoms with E-state index in [1.807, 2.05) is 24.3 Å². The van der Waals surface area contributed by atoms with Crippen LogP contribution in [0.4, 0.5) is 8.78 Å². The summed E-state index contributed by atoms with van der Waals surface area (Å²) < 4.78 is 31.7. The summed E-state index contributed by atoms with van der Waals surface area (Å²) >= 11 is 0. The van der Waals surface area contributed by atoms with Gasteiger partial charge in [0.1, 0.15) is 12.4 Å². The van der Waals surface area contributed by atoms with Gasteiger partial charge in [0.2, 0.25) is 5.91 Å². The number of nitrogens with one attached hydrogen (secondary N) is 1. The first-order valence-electron chi connectivity index (χ1n) is 7.14. The molecule has 122 valence electrons. The zero-order chi connectivity index (χ0) is 16.8. The van der Waals surface area contributed by atoms with E-state index in [0.717, 1.165) is 23.3 Å². The van der Waals surface area contributed by atoms with E-state index in [1.165, 1.54) is 6.07 Å². The van der Waals surface area contributed by atoms with Crippen LogP contribution in [-0.4, -0.2) is 11.9 Å². The molecule has 2 rings (SSSR count). The third-order valence-corrected chi connectivity index (χ3v) is 3.32. The molecular weight excluding hydrogens is 302 g/mol. The fourth-order valence-corrected chi connectivity index (χ4v) is 1.95. The van der Waals surface area contributed by atoms with Crippen LogP contribution >= 0.6 is 0 Å². The number of hydrogen-bond acceptors (Lipinski definition) is 3. The molecule has 2 aromatic carbocycles. The van der Waals surface area contributed by atoms with Crippen LogP contribution in [0.5, 0.6) is 5.75 Å². The maximum atomic E-state index is 13.5. The minimum atomic E-state index is -0.738. The summed E-state index contributed by atoms with van der Waals surface area (Å²) in [6.45, 7) is 2.32. The first kappa shape index (κ1) is 16.9. The summed E-state index contributed by atoms with van der Waals surface area (Å²) in [6.07, 6.45) is 0. The summed E-state index contributed by atoms with van der Waals surface area (Å²) in [6, 6.07) is 10.2. The van der Waals surface area contributed by atoms with E-state index in [2.05, 4.69) is 5.32 Å². The van der Waals surface area contributed by atoms with Crippen LogP contribution in [0, 0.1) is 11.6 Å². The highest BCUT2D eigenvalue weighted by atomic mass is 19.1. The lowest BCUT2D eigenvalue weighted by Crippen LogP contribution is -2.38. The van der Waals surface area contributed by atoms with Crippen LogP contribution < -0.4 is 15.8 Å². The maximum Gasteiger partial charge on any atom is 0.234 e. The molecule has 0 aromatic heterocycles. The first-order valence-corrected chi connectivity index (χ1v) is 7.14. The number of carbonyl (C=O) groups is 1. The molecule has 23 heavy (non-hydrogen) atoms. The minimum Gasteiger partial charge on any atom is -0.486 e. The number of rotatable bonds is 7. The fraction of sp³-hybridized carbons (Fsp3) is 0.235. The van der Waals surface area contributed by atoms with Gasteiger partial charge >= 0.3 is 0 Å². The highest BCUT2D eigenvalue weighted by Crippen LogP contribution is 2.19. The summed E-state index contributed by atoms with van der Waals surface area (Å²) in [5, 5.41) is 3.00. The summed E-state index contributed by atoms with van der Waals surface area (Å²) in [5.74, 6) is -1.81. The lowest BCUT2D eigenvalue weighted by atomic mass is 10.1. The molecule has 3 N–H and O–H groups in total. The SMILES string of the molecule is C[C@H](NCc1cccc(COc2ccc(F)cc2F)c1)C(N)=O. The van der Waals surface area contributed by atoms with Crippen molar-refractivity contribution in [1.29, 1.82) is 0 Å². The van der Waals surface area contributed by atoms with Gasteiger partial charge < -0.3 is 15.8 Å². The van der Waals surface area contributed by atoms with Crippen LogP contribution in [0.25, 0.3) is 0 Å². The number of ether oxygens (including phenoxy) is 1. The molecule has 0 fully saturated rings. The van der Waals surface area contributed by atoms with Gasteiger partial charge in [0.25, 0.3) is 0 Å². The molecule has 1 amide bonds. The molecule has 0 unspecified atom stereocenters. The molecule has 2 aromatic rings. The van der Waals surface area contributed by atoms with Gasteiger partial charge in [-0.05, 0) is 30.2 Å². The Morgan fingerprint density at radius 3 is 2.65 bits per heavy atom. The molecule has 1 atom stereocenters. The van der Waals surface area contributed by atoms with E-state index in [0.29, 0.717) is 6.54 Å². The fourth-order valence-electron chi connectivity index (χ4n) is 1.95. The van der Waals surface area contributed by atoms with Gasteiger partial charge in [-0.2, -0.15) is 0 Å². The van der Waals surface area contributed by atoms with E-state index in [-0.39, 0.29) is 12.4 Å². The molecule has 6 heteroatoms. The zero-order valence-electron chi connectivity index (χ0n) is 12.7. The van der Waals surface area contributed by atoms with Crippen LogP contribution in [0.15, 0.2) is 42.5 Å². The molecule has 0 heterocycles. The zero-order valence-corrected chi connectivity index (χ0v) is 12.7. The van der Waals surface area contributed by atoms with E-state index >= 15 is 0 Å². The molecule has 0 radical (unpaired) electrons. The second-order valence-electron chi connectivity index (χ2n) is 5.19. The third-order valence-electron chi connectivity index (χ3n) is 3.32. The lowest BCUT2D eigenvalue weighted by Gasteiger charge is -2.11. The number of halogens is 2. The molecule has 0 bridgehead atoms. The normalized spacial score (nSPS) is 12.0. The Morgan fingerprint density at radius 1 is 1.22 bits per heavy atom. The molecule has 0 saturated carbocycles. The second-order valence-corrected chi connectivity index (χ2v) is 5.19. The van der Waals surface area contributed by atoms with E-state index < -0.39 is 23.6 Å². The Balaban J connectivity index is 1.95. The van der Waals surface area contributed by atoms with Crippen molar-refractivity contribution in [2.24, 2.45) is 5.73 Å². The van der Waals surface area contributed by atoms with Crippen LogP contribution in [0.3, 0.4) is 0 Å². The highest BCUT2D eigenvalue weighted by molar-refractivity contribution is 5.79. The molecule has 0 saturated heterocycles. The van der Waals surface area contributed by atoms with Crippen molar-refractivity contribution in [2.45, 2.75) is 26.1 Å². The summed E-state index contributed by atoms with van der Waals surface area (Å²) in [7, 11) is 0. The Hall–Kier alpha value is -2.47. The number of hydrogen-bond donors (Lipinski definition) is 2. The molecule has 4 nitrogen and oxygen atoms in total. The van der Waals surface area contributed by atoms with Crippen molar-refractivity contribution in [3.05, 3.63) is 65.2 Å². The van der Waals surface area contributed by atoms with Gasteiger partial charge in [0.15, 0.2) is 11.6 Å². The van der Waals surface area contributed by atoms with Gasteiger partial charge in [-0.1, -0.05) is 24.3 Å². The largest absolute Gasteiger partial charge is 0.486 e. The Bertz CT molecular complexity index is 692. The van der Waals surface area contributed by atoms with Gasteiger partial charge in [-0.3, -0.25) is 4.79 Å². The van der Waals surface area contributed by atoms with Crippen molar-refractivity contribution < 1.29 is 18.3 Å². The van der Waals surface area contributed by atoms with Crippen molar-refractivity contribution in [1.82, 2.24) is 5.32 Å². The van der Waals surface area contributed by atoms with Crippen molar-refractivity contribution >= 4 is 5.91 Å². The monoisotopic (exact) mass is 320 g/mol. The van der Waals surface area contributed by atoms with Crippen LogP contribution in [0.2, 0.25) is 0 Å². The average molecular weight is 320 g/mol. The number of benzene rings is 2. The number of nitrogens with two attached hydrogens (primary N) is 1. The standard InChI is InChI=1S/C17H18F2N2O2/c1-11(17(20)22)21-9-12-3-2-4-13(7-12)10-23-16-6-5-14(18)8-15(16)19/h2-8,11,21H,9-10H2,1H3,(H2,20,22)/t11-/m0/s1. The van der Waals surface area contributed by atoms with Crippen LogP contribution in [-0.2, 0) is 17.9 Å². The molecule has 0 aliphatic rings. The van der Waals surface area contributed by atoms with Crippen molar-refractivity contribution in [3.63, 3.8) is 0 Å². The molecule has 0 aliphatic heterocycles. The van der Waals surface area contributed by atoms with Crippen molar-refractivity contribution in [2.75, 3.05) is 0 Å². The minimum absolute atomic E-state index is 0.00252. The number of primary amides is 1. The van der Waals surface area contributed by atoms with Crippen molar-refractivity contribution in [3.8, 4) is 5.75 Å². The Labute approximate surface area is 133 Å². The average Bonchev–Trinajstić information content (AvgIpc) is 2.52. The molecule has 0 spiro atoms. The second kappa shape index (κ2) is 7.69. The highest BCUT2D eigenvalue weighted by Gasteiger charge is 2.08. The first-order chi connectivity index (χ1) is 11.0. The third kappa shape index (κ3) is 5.03. The Kier molecular flexibility index (Phi) is 5.65. The van der Waals surface area contributed by atoms with Gasteiger partial charge in [0, 0.05) is 12.6 Å². The predicted molar refractivity (Wildman–Crippen MR) is 82.6 cm³/mol. The van der Waals surface area contributed by atoms with E-state index in [4.69, 9.17) is 10.5 Å². The predicted octanol–water partition coefficient (Wildman–Crippen LogP) is 2.51. The maximum absolute atomic E-state index is 13.5. The van der Waals surface area contributed by atoms with E-state index in [9.17, 15) is 13.6 Å². The van der Waals surface area contributed by atoms with Gasteiger partial charge in [0.05, 0.1) is 6.04 Å². The van der Waals surface area contributed by atoms with Gasteiger partial charge in [-0.15, -0.1) is 0 Å². The van der Waals surface area contributed by atoms with Crippen LogP contribution in [0.1, 0.15) is 18.1 Å². The topological polar surface area (TPSA) is 64.3 Å². The summed E-state index contributed by atoms with van der Waals surface area (Å²) in [4.78, 5) is 11.0. The number of amides is 1. The quantitative estimate of drug-likeness (QED) is 0.824. The lowest BCUT2D eigenvalue weighted by molar-refractivity contribution is -0.119. The Morgan fingerprint density at radius 2 is 1.96 bits per heavy atom. The summed E-state index contributed by atoms with van der Waals surface area (Å²) in [5.41, 5.74) is 6.96. The molecular formula is C17H18F2N2O2. The molecule has 0 aliphatic carbocycles. The van der Waals surface area contributed by atoms with E-state index in [1.54, 1.807) is 6.92 Å². The van der Waals surface area contributed by atoms with Gasteiger partial charge in [-0.25, -0.2) is 8.78 Å². The smallest absolute Gasteiger partial charge is 0.234 e. The number of carbonyl (C=O) groups excluding carboxylic acids is 1.